The van der Waals surface area contributed by atoms with Gasteiger partial charge in [0.2, 0.25) is 0 Å². The molecule has 6 nitrogen and oxygen atoms in total. The van der Waals surface area contributed by atoms with Gasteiger partial charge < -0.3 is 20.4 Å². The van der Waals surface area contributed by atoms with Crippen molar-refractivity contribution in [1.29, 1.82) is 0 Å². The Balaban J connectivity index is 0.00000306. The van der Waals surface area contributed by atoms with E-state index >= 15 is 0 Å². The van der Waals surface area contributed by atoms with Gasteiger partial charge in [-0.2, -0.15) is 0 Å². The summed E-state index contributed by atoms with van der Waals surface area (Å²) in [6.45, 7) is 0.985. The van der Waals surface area contributed by atoms with E-state index < -0.39 is 0 Å². The van der Waals surface area contributed by atoms with Gasteiger partial charge >= 0.3 is 0 Å². The molecule has 0 aliphatic rings. The summed E-state index contributed by atoms with van der Waals surface area (Å²) in [5.41, 5.74) is 8.92. The standard InChI is InChI=1S/C26H24N4O2.HI/c27-26(29-22-7-6-10-24(17-22)32-23-8-2-1-3-9-23)28-18-20-12-14-21(15-13-20)19-30-16-5-4-11-25(30)31;/h1-17H,18-19H2,(H3,27,28,29);1H. The molecule has 0 unspecified atom stereocenters. The fraction of sp³-hybridized carbons (Fsp3) is 0.0769. The molecule has 0 spiro atoms. The number of guanidine groups is 1. The lowest BCUT2D eigenvalue weighted by atomic mass is 10.1. The highest BCUT2D eigenvalue weighted by Gasteiger charge is 2.01. The molecule has 0 saturated carbocycles. The van der Waals surface area contributed by atoms with Gasteiger partial charge in [-0.1, -0.05) is 54.6 Å². The molecule has 3 aromatic carbocycles. The summed E-state index contributed by atoms with van der Waals surface area (Å²) >= 11 is 0. The van der Waals surface area contributed by atoms with Crippen LogP contribution in [0, 0.1) is 0 Å². The van der Waals surface area contributed by atoms with Crippen molar-refractivity contribution < 1.29 is 4.74 Å². The van der Waals surface area contributed by atoms with Gasteiger partial charge in [-0.25, -0.2) is 4.99 Å². The van der Waals surface area contributed by atoms with Crippen molar-refractivity contribution in [2.75, 3.05) is 5.32 Å². The Morgan fingerprint density at radius 1 is 0.848 bits per heavy atom. The van der Waals surface area contributed by atoms with Gasteiger partial charge in [0.05, 0.1) is 13.1 Å². The number of rotatable bonds is 7. The second-order valence-electron chi connectivity index (χ2n) is 7.25. The topological polar surface area (TPSA) is 81.6 Å². The van der Waals surface area contributed by atoms with Crippen molar-refractivity contribution >= 4 is 35.6 Å². The number of halogens is 1. The fourth-order valence-corrected chi connectivity index (χ4v) is 3.16. The Hall–Kier alpha value is -3.59. The molecule has 1 heterocycles. The summed E-state index contributed by atoms with van der Waals surface area (Å²) in [5, 5.41) is 3.10. The van der Waals surface area contributed by atoms with E-state index in [-0.39, 0.29) is 29.5 Å². The van der Waals surface area contributed by atoms with E-state index in [0.29, 0.717) is 24.8 Å². The lowest BCUT2D eigenvalue weighted by Crippen LogP contribution is -2.22. The first kappa shape index (κ1) is 24.1. The molecule has 1 aromatic heterocycles. The molecular formula is C26H25IN4O2. The summed E-state index contributed by atoms with van der Waals surface area (Å²) in [5.74, 6) is 1.80. The van der Waals surface area contributed by atoms with Gasteiger partial charge in [-0.05, 0) is 41.5 Å². The molecule has 0 aliphatic carbocycles. The smallest absolute Gasteiger partial charge is 0.250 e. The molecule has 168 valence electrons. The molecular weight excluding hydrogens is 527 g/mol. The van der Waals surface area contributed by atoms with Gasteiger partial charge in [0.1, 0.15) is 11.5 Å². The van der Waals surface area contributed by atoms with Crippen LogP contribution in [0.2, 0.25) is 0 Å². The van der Waals surface area contributed by atoms with Crippen molar-refractivity contribution in [2.24, 2.45) is 10.7 Å². The van der Waals surface area contributed by atoms with Crippen molar-refractivity contribution in [1.82, 2.24) is 4.57 Å². The number of benzene rings is 3. The van der Waals surface area contributed by atoms with Gasteiger partial charge in [0, 0.05) is 24.0 Å². The summed E-state index contributed by atoms with van der Waals surface area (Å²) in [4.78, 5) is 16.3. The van der Waals surface area contributed by atoms with Crippen molar-refractivity contribution in [2.45, 2.75) is 13.1 Å². The van der Waals surface area contributed by atoms with Crippen LogP contribution in [0.5, 0.6) is 11.5 Å². The van der Waals surface area contributed by atoms with Gasteiger partial charge in [-0.3, -0.25) is 4.79 Å². The predicted octanol–water partition coefficient (Wildman–Crippen LogP) is 5.23. The molecule has 0 amide bonds. The second kappa shape index (κ2) is 11.9. The minimum atomic E-state index is -0.0155. The zero-order chi connectivity index (χ0) is 22.2. The molecule has 4 aromatic rings. The maximum atomic E-state index is 11.8. The normalized spacial score (nSPS) is 10.8. The van der Waals surface area contributed by atoms with Crippen LogP contribution < -0.4 is 21.3 Å². The van der Waals surface area contributed by atoms with Crippen LogP contribution in [0.15, 0.2) is 113 Å². The third-order valence-corrected chi connectivity index (χ3v) is 4.79. The lowest BCUT2D eigenvalue weighted by Gasteiger charge is -2.09. The molecule has 0 aliphatic heterocycles. The molecule has 7 heteroatoms. The fourth-order valence-electron chi connectivity index (χ4n) is 3.16. The van der Waals surface area contributed by atoms with E-state index in [2.05, 4.69) is 10.3 Å². The van der Waals surface area contributed by atoms with E-state index in [9.17, 15) is 4.79 Å². The number of nitrogens with two attached hydrogens (primary N) is 1. The number of para-hydroxylation sites is 1. The van der Waals surface area contributed by atoms with Crippen molar-refractivity contribution in [3.05, 3.63) is 125 Å². The molecule has 33 heavy (non-hydrogen) atoms. The number of nitrogens with one attached hydrogen (secondary N) is 1. The summed E-state index contributed by atoms with van der Waals surface area (Å²) in [6, 6.07) is 30.3. The average Bonchev–Trinajstić information content (AvgIpc) is 2.81. The molecule has 0 bridgehead atoms. The van der Waals surface area contributed by atoms with E-state index in [1.807, 2.05) is 84.9 Å². The van der Waals surface area contributed by atoms with Gasteiger partial charge in [0.25, 0.3) is 5.56 Å². The van der Waals surface area contributed by atoms with E-state index in [1.165, 1.54) is 0 Å². The first-order chi connectivity index (χ1) is 15.7. The van der Waals surface area contributed by atoms with Crippen LogP contribution >= 0.6 is 24.0 Å². The Morgan fingerprint density at radius 3 is 2.30 bits per heavy atom. The second-order valence-corrected chi connectivity index (χ2v) is 7.25. The summed E-state index contributed by atoms with van der Waals surface area (Å²) < 4.78 is 7.52. The Bertz CT molecular complexity index is 1260. The maximum Gasteiger partial charge on any atom is 0.250 e. The van der Waals surface area contributed by atoms with Crippen LogP contribution in [-0.4, -0.2) is 10.5 Å². The molecule has 0 radical (unpaired) electrons. The SMILES string of the molecule is I.NC(=NCc1ccc(Cn2ccccc2=O)cc1)Nc1cccc(Oc2ccccc2)c1. The summed E-state index contributed by atoms with van der Waals surface area (Å²) in [6.07, 6.45) is 1.78. The number of hydrogen-bond acceptors (Lipinski definition) is 3. The Morgan fingerprint density at radius 2 is 1.55 bits per heavy atom. The number of nitrogens with zero attached hydrogens (tertiary/aromatic N) is 2. The molecule has 3 N–H and O–H groups in total. The van der Waals surface area contributed by atoms with Crippen LogP contribution in [0.3, 0.4) is 0 Å². The minimum absolute atomic E-state index is 0. The zero-order valence-corrected chi connectivity index (χ0v) is 20.3. The number of pyridine rings is 1. The first-order valence-electron chi connectivity index (χ1n) is 10.3. The highest BCUT2D eigenvalue weighted by atomic mass is 127. The largest absolute Gasteiger partial charge is 0.457 e. The predicted molar refractivity (Wildman–Crippen MR) is 144 cm³/mol. The van der Waals surface area contributed by atoms with Crippen LogP contribution in [0.1, 0.15) is 11.1 Å². The lowest BCUT2D eigenvalue weighted by molar-refractivity contribution is 0.483. The van der Waals surface area contributed by atoms with Gasteiger partial charge in [-0.15, -0.1) is 24.0 Å². The average molecular weight is 552 g/mol. The van der Waals surface area contributed by atoms with E-state index in [0.717, 1.165) is 22.6 Å². The highest BCUT2D eigenvalue weighted by Crippen LogP contribution is 2.23. The van der Waals surface area contributed by atoms with Gasteiger partial charge in [0.15, 0.2) is 5.96 Å². The number of anilines is 1. The molecule has 0 fully saturated rings. The van der Waals surface area contributed by atoms with Crippen LogP contribution in [-0.2, 0) is 13.1 Å². The van der Waals surface area contributed by atoms with Crippen molar-refractivity contribution in [3.63, 3.8) is 0 Å². The quantitative estimate of drug-likeness (QED) is 0.187. The monoisotopic (exact) mass is 552 g/mol. The molecule has 0 saturated heterocycles. The third-order valence-electron chi connectivity index (χ3n) is 4.79. The Labute approximate surface area is 209 Å². The Kier molecular flexibility index (Phi) is 8.65. The highest BCUT2D eigenvalue weighted by molar-refractivity contribution is 14.0. The van der Waals surface area contributed by atoms with Crippen molar-refractivity contribution in [3.8, 4) is 11.5 Å². The maximum absolute atomic E-state index is 11.8. The molecule has 0 atom stereocenters. The third kappa shape index (κ3) is 7.21. The number of ether oxygens (including phenoxy) is 1. The van der Waals surface area contributed by atoms with Crippen LogP contribution in [0.25, 0.3) is 0 Å². The van der Waals surface area contributed by atoms with Crippen LogP contribution in [0.4, 0.5) is 5.69 Å². The zero-order valence-electron chi connectivity index (χ0n) is 17.9. The number of aliphatic imine (C=N–C) groups is 1. The van der Waals surface area contributed by atoms with E-state index in [1.54, 1.807) is 22.9 Å². The van der Waals surface area contributed by atoms with E-state index in [4.69, 9.17) is 10.5 Å². The number of aromatic nitrogens is 1. The summed E-state index contributed by atoms with van der Waals surface area (Å²) in [7, 11) is 0. The number of hydrogen-bond donors (Lipinski definition) is 2. The minimum Gasteiger partial charge on any atom is -0.457 e. The first-order valence-corrected chi connectivity index (χ1v) is 10.3. The molecule has 4 rings (SSSR count).